The van der Waals surface area contributed by atoms with Gasteiger partial charge in [-0.05, 0) is 67.1 Å². The highest BCUT2D eigenvalue weighted by Gasteiger charge is 2.14. The summed E-state index contributed by atoms with van der Waals surface area (Å²) in [4.78, 5) is 12.2. The highest BCUT2D eigenvalue weighted by Crippen LogP contribution is 2.20. The summed E-state index contributed by atoms with van der Waals surface area (Å²) >= 11 is 0. The molecule has 3 nitrogen and oxygen atoms in total. The largest absolute Gasteiger partial charge is 0.494 e. The van der Waals surface area contributed by atoms with Gasteiger partial charge in [-0.2, -0.15) is 4.39 Å². The highest BCUT2D eigenvalue weighted by molar-refractivity contribution is 5.91. The van der Waals surface area contributed by atoms with Gasteiger partial charge in [0.05, 0.1) is 12.2 Å². The summed E-state index contributed by atoms with van der Waals surface area (Å²) in [6.07, 6.45) is 10.2. The minimum atomic E-state index is -1.20. The van der Waals surface area contributed by atoms with Crippen LogP contribution in [0.4, 0.5) is 8.78 Å². The average molecular weight is 491 g/mol. The number of ether oxygens (including phenoxy) is 2. The van der Waals surface area contributed by atoms with Crippen LogP contribution in [-0.4, -0.2) is 12.6 Å². The number of carbonyl (C=O) groups excluding carboxylic acids is 1. The molecule has 0 aromatic heterocycles. The standard InChI is InChI=1S/C31H32F2O3/c1-2-3-4-5-6-7-8-9-23-35-27-21-17-25(18-22-27)14-13-24-15-19-26(20-16-24)31(34)36-29-12-10-11-28(32)30(29)33/h10-12,15-22H,2-9,23H2,1H3. The molecule has 0 atom stereocenters. The molecule has 188 valence electrons. The predicted octanol–water partition coefficient (Wildman–Crippen LogP) is 8.10. The Morgan fingerprint density at radius 3 is 1.97 bits per heavy atom. The van der Waals surface area contributed by atoms with Gasteiger partial charge in [-0.1, -0.05) is 69.8 Å². The smallest absolute Gasteiger partial charge is 0.343 e. The van der Waals surface area contributed by atoms with E-state index < -0.39 is 23.4 Å². The average Bonchev–Trinajstić information content (AvgIpc) is 2.90. The molecule has 36 heavy (non-hydrogen) atoms. The third kappa shape index (κ3) is 8.85. The summed E-state index contributed by atoms with van der Waals surface area (Å²) in [7, 11) is 0. The lowest BCUT2D eigenvalue weighted by Gasteiger charge is -2.06. The Balaban J connectivity index is 1.43. The van der Waals surface area contributed by atoms with Crippen molar-refractivity contribution in [2.24, 2.45) is 0 Å². The maximum absolute atomic E-state index is 13.7. The summed E-state index contributed by atoms with van der Waals surface area (Å²) in [5.41, 5.74) is 1.76. The van der Waals surface area contributed by atoms with E-state index in [4.69, 9.17) is 9.47 Å². The summed E-state index contributed by atoms with van der Waals surface area (Å²) in [6, 6.07) is 17.5. The van der Waals surface area contributed by atoms with E-state index in [1.165, 1.54) is 69.2 Å². The maximum atomic E-state index is 13.7. The van der Waals surface area contributed by atoms with Crippen LogP contribution in [0.1, 0.15) is 79.8 Å². The van der Waals surface area contributed by atoms with Crippen LogP contribution >= 0.6 is 0 Å². The van der Waals surface area contributed by atoms with E-state index in [0.717, 1.165) is 30.4 Å². The minimum Gasteiger partial charge on any atom is -0.494 e. The Hall–Kier alpha value is -3.65. The van der Waals surface area contributed by atoms with Gasteiger partial charge in [0, 0.05) is 11.1 Å². The third-order valence-corrected chi connectivity index (χ3v) is 5.71. The van der Waals surface area contributed by atoms with Crippen molar-refractivity contribution in [3.05, 3.63) is 95.1 Å². The fraction of sp³-hybridized carbons (Fsp3) is 0.323. The van der Waals surface area contributed by atoms with Crippen molar-refractivity contribution in [3.63, 3.8) is 0 Å². The van der Waals surface area contributed by atoms with Crippen LogP contribution < -0.4 is 9.47 Å². The van der Waals surface area contributed by atoms with Gasteiger partial charge in [-0.3, -0.25) is 0 Å². The van der Waals surface area contributed by atoms with Gasteiger partial charge in [0.15, 0.2) is 11.6 Å². The molecule has 0 heterocycles. The molecule has 0 aliphatic heterocycles. The first-order chi connectivity index (χ1) is 17.6. The fourth-order valence-corrected chi connectivity index (χ4v) is 3.62. The lowest BCUT2D eigenvalue weighted by Crippen LogP contribution is -2.09. The zero-order valence-electron chi connectivity index (χ0n) is 20.7. The van der Waals surface area contributed by atoms with Gasteiger partial charge in [0.25, 0.3) is 0 Å². The molecular weight excluding hydrogens is 458 g/mol. The molecule has 0 radical (unpaired) electrons. The Kier molecular flexibility index (Phi) is 11.0. The van der Waals surface area contributed by atoms with Crippen LogP contribution in [0.5, 0.6) is 11.5 Å². The van der Waals surface area contributed by atoms with E-state index in [1.807, 2.05) is 24.3 Å². The third-order valence-electron chi connectivity index (χ3n) is 5.71. The van der Waals surface area contributed by atoms with E-state index >= 15 is 0 Å². The van der Waals surface area contributed by atoms with Gasteiger partial charge >= 0.3 is 5.97 Å². The molecule has 0 amide bonds. The van der Waals surface area contributed by atoms with Crippen molar-refractivity contribution in [2.45, 2.75) is 58.3 Å². The van der Waals surface area contributed by atoms with Crippen LogP contribution in [0.15, 0.2) is 66.7 Å². The van der Waals surface area contributed by atoms with E-state index in [2.05, 4.69) is 18.8 Å². The zero-order chi connectivity index (χ0) is 25.6. The lowest BCUT2D eigenvalue weighted by atomic mass is 10.1. The highest BCUT2D eigenvalue weighted by atomic mass is 19.2. The van der Waals surface area contributed by atoms with Crippen molar-refractivity contribution in [1.29, 1.82) is 0 Å². The second-order valence-electron chi connectivity index (χ2n) is 8.62. The topological polar surface area (TPSA) is 35.5 Å². The molecule has 5 heteroatoms. The molecule has 3 rings (SSSR count). The van der Waals surface area contributed by atoms with Gasteiger partial charge in [-0.15, -0.1) is 0 Å². The summed E-state index contributed by atoms with van der Waals surface area (Å²) < 4.78 is 37.8. The van der Waals surface area contributed by atoms with E-state index in [-0.39, 0.29) is 5.56 Å². The van der Waals surface area contributed by atoms with E-state index in [9.17, 15) is 13.6 Å². The maximum Gasteiger partial charge on any atom is 0.343 e. The van der Waals surface area contributed by atoms with Gasteiger partial charge in [-0.25, -0.2) is 9.18 Å². The number of hydrogen-bond donors (Lipinski definition) is 0. The molecule has 0 fully saturated rings. The van der Waals surface area contributed by atoms with Crippen molar-refractivity contribution in [2.75, 3.05) is 6.61 Å². The molecule has 0 saturated carbocycles. The van der Waals surface area contributed by atoms with Crippen molar-refractivity contribution in [1.82, 2.24) is 0 Å². The summed E-state index contributed by atoms with van der Waals surface area (Å²) in [5, 5.41) is 0. The molecule has 0 saturated heterocycles. The molecular formula is C31H32F2O3. The number of esters is 1. The van der Waals surface area contributed by atoms with E-state index in [0.29, 0.717) is 5.56 Å². The van der Waals surface area contributed by atoms with Crippen LogP contribution in [0.2, 0.25) is 0 Å². The molecule has 3 aromatic carbocycles. The Labute approximate surface area is 212 Å². The lowest BCUT2D eigenvalue weighted by molar-refractivity contribution is 0.0726. The quantitative estimate of drug-likeness (QED) is 0.111. The molecule has 0 spiro atoms. The SMILES string of the molecule is CCCCCCCCCCOc1ccc(C#Cc2ccc(C(=O)Oc3cccc(F)c3F)cc2)cc1. The van der Waals surface area contributed by atoms with Gasteiger partial charge < -0.3 is 9.47 Å². The Morgan fingerprint density at radius 2 is 1.33 bits per heavy atom. The first-order valence-corrected chi connectivity index (χ1v) is 12.6. The van der Waals surface area contributed by atoms with Crippen LogP contribution in [-0.2, 0) is 0 Å². The number of unbranched alkanes of at least 4 members (excludes halogenated alkanes) is 7. The normalized spacial score (nSPS) is 10.4. The molecule has 0 aliphatic carbocycles. The van der Waals surface area contributed by atoms with Crippen molar-refractivity contribution >= 4 is 5.97 Å². The molecule has 0 bridgehead atoms. The number of rotatable bonds is 12. The number of benzene rings is 3. The van der Waals surface area contributed by atoms with Crippen LogP contribution in [0, 0.1) is 23.5 Å². The first kappa shape index (κ1) is 26.9. The van der Waals surface area contributed by atoms with Gasteiger partial charge in [0.1, 0.15) is 5.75 Å². The second-order valence-corrected chi connectivity index (χ2v) is 8.62. The summed E-state index contributed by atoms with van der Waals surface area (Å²) in [5.74, 6) is 3.46. The van der Waals surface area contributed by atoms with Crippen LogP contribution in [0.3, 0.4) is 0 Å². The minimum absolute atomic E-state index is 0.210. The number of hydrogen-bond acceptors (Lipinski definition) is 3. The number of carbonyl (C=O) groups is 1. The number of halogens is 2. The Bertz CT molecular complexity index is 1160. The monoisotopic (exact) mass is 490 g/mol. The fourth-order valence-electron chi connectivity index (χ4n) is 3.62. The zero-order valence-corrected chi connectivity index (χ0v) is 20.7. The second kappa shape index (κ2) is 14.7. The first-order valence-electron chi connectivity index (χ1n) is 12.6. The molecule has 3 aromatic rings. The predicted molar refractivity (Wildman–Crippen MR) is 138 cm³/mol. The molecule has 0 unspecified atom stereocenters. The molecule has 0 aliphatic rings. The van der Waals surface area contributed by atoms with Crippen LogP contribution in [0.25, 0.3) is 0 Å². The van der Waals surface area contributed by atoms with Gasteiger partial charge in [0.2, 0.25) is 5.82 Å². The Morgan fingerprint density at radius 1 is 0.750 bits per heavy atom. The molecule has 0 N–H and O–H groups in total. The van der Waals surface area contributed by atoms with Crippen molar-refractivity contribution in [3.8, 4) is 23.3 Å². The van der Waals surface area contributed by atoms with E-state index in [1.54, 1.807) is 12.1 Å². The summed E-state index contributed by atoms with van der Waals surface area (Å²) in [6.45, 7) is 2.96. The van der Waals surface area contributed by atoms with Crippen molar-refractivity contribution < 1.29 is 23.0 Å².